The normalized spacial score (nSPS) is 18.8. The van der Waals surface area contributed by atoms with Crippen LogP contribution >= 0.6 is 0 Å². The van der Waals surface area contributed by atoms with Gasteiger partial charge in [-0.3, -0.25) is 18.5 Å². The summed E-state index contributed by atoms with van der Waals surface area (Å²) in [5.41, 5.74) is 3.26. The second-order valence-electron chi connectivity index (χ2n) is 16.7. The summed E-state index contributed by atoms with van der Waals surface area (Å²) in [6.45, 7) is 8.93. The average Bonchev–Trinajstić information content (AvgIpc) is 3.79. The number of carbonyl (C=O) groups excluding carboxylic acids is 2. The summed E-state index contributed by atoms with van der Waals surface area (Å²) in [4.78, 5) is 45.6. The van der Waals surface area contributed by atoms with E-state index in [1.54, 1.807) is 31.4 Å². The van der Waals surface area contributed by atoms with E-state index >= 15 is 0 Å². The minimum atomic E-state index is -4.45. The van der Waals surface area contributed by atoms with Crippen molar-refractivity contribution in [2.75, 3.05) is 30.8 Å². The van der Waals surface area contributed by atoms with E-state index in [4.69, 9.17) is 14.7 Å². The molecule has 3 aliphatic heterocycles. The number of allylic oxidation sites excluding steroid dienone is 8. The summed E-state index contributed by atoms with van der Waals surface area (Å²) in [5.74, 6) is -1.30. The van der Waals surface area contributed by atoms with Gasteiger partial charge in [0.25, 0.3) is 16.0 Å². The van der Waals surface area contributed by atoms with Gasteiger partial charge in [-0.25, -0.2) is 4.79 Å². The van der Waals surface area contributed by atoms with Gasteiger partial charge in [-0.15, -0.1) is 4.73 Å². The maximum atomic E-state index is 13.6. The highest BCUT2D eigenvalue weighted by Crippen LogP contribution is 2.49. The second-order valence-corrected chi connectivity index (χ2v) is 19.2. The van der Waals surface area contributed by atoms with Crippen LogP contribution in [0, 0.1) is 5.41 Å². The molecule has 0 saturated heterocycles. The van der Waals surface area contributed by atoms with Crippen molar-refractivity contribution in [3.63, 3.8) is 0 Å². The van der Waals surface area contributed by atoms with Crippen molar-refractivity contribution in [1.82, 2.24) is 14.7 Å². The molecule has 65 heavy (non-hydrogen) atoms. The van der Waals surface area contributed by atoms with Crippen LogP contribution in [0.4, 0.5) is 5.69 Å². The van der Waals surface area contributed by atoms with E-state index in [1.165, 1.54) is 29.3 Å². The molecule has 0 spiro atoms. The molecule has 3 N–H and O–H groups in total. The number of unbranched alkanes of at least 4 members (excludes halogenated alkanes) is 2. The predicted octanol–water partition coefficient (Wildman–Crippen LogP) is 6.67. The number of hydroxylamine groups is 2. The molecule has 16 nitrogen and oxygen atoms in total. The van der Waals surface area contributed by atoms with Gasteiger partial charge in [-0.2, -0.15) is 13.5 Å². The van der Waals surface area contributed by atoms with Crippen LogP contribution in [0.15, 0.2) is 142 Å². The van der Waals surface area contributed by atoms with Gasteiger partial charge in [0, 0.05) is 78.6 Å². The Morgan fingerprint density at radius 1 is 0.908 bits per heavy atom. The van der Waals surface area contributed by atoms with Crippen LogP contribution in [-0.2, 0) is 36.2 Å². The molecule has 0 fully saturated rings. The summed E-state index contributed by atoms with van der Waals surface area (Å²) < 4.78 is 57.4. The third kappa shape index (κ3) is 11.4. The molecule has 346 valence electrons. The lowest BCUT2D eigenvalue weighted by Crippen LogP contribution is -2.39. The van der Waals surface area contributed by atoms with E-state index in [1.807, 2.05) is 99.4 Å². The lowest BCUT2D eigenvalue weighted by atomic mass is 9.78. The van der Waals surface area contributed by atoms with Gasteiger partial charge in [0.1, 0.15) is 6.17 Å². The van der Waals surface area contributed by atoms with Crippen LogP contribution in [0.3, 0.4) is 0 Å². The molecule has 2 unspecified atom stereocenters. The fraction of sp³-hybridized carbons (Fsp3) is 0.340. The summed E-state index contributed by atoms with van der Waals surface area (Å²) in [6.07, 6.45) is 18.6. The van der Waals surface area contributed by atoms with E-state index in [9.17, 15) is 41.5 Å². The zero-order valence-corrected chi connectivity index (χ0v) is 38.5. The Balaban J connectivity index is 1.14. The minimum absolute atomic E-state index is 0.0280. The molecule has 3 aromatic rings. The molecule has 18 heteroatoms. The number of aliphatic imine (C=N–C) groups is 1. The van der Waals surface area contributed by atoms with E-state index < -0.39 is 55.9 Å². The van der Waals surface area contributed by atoms with Crippen LogP contribution in [-0.4, -0.2) is 96.3 Å². The van der Waals surface area contributed by atoms with Gasteiger partial charge < -0.3 is 34.2 Å². The average molecular weight is 929 g/mol. The molecule has 4 heterocycles. The number of rotatable bonds is 19. The van der Waals surface area contributed by atoms with Crippen LogP contribution in [0.1, 0.15) is 65.4 Å². The monoisotopic (exact) mass is 928 g/mol. The van der Waals surface area contributed by atoms with Crippen LogP contribution in [0.5, 0.6) is 17.5 Å². The second kappa shape index (κ2) is 20.3. The molecule has 0 saturated carbocycles. The maximum absolute atomic E-state index is 13.6. The number of benzene rings is 2. The van der Waals surface area contributed by atoms with Crippen molar-refractivity contribution in [2.24, 2.45) is 10.4 Å². The Morgan fingerprint density at radius 2 is 1.60 bits per heavy atom. The first-order valence-electron chi connectivity index (χ1n) is 21.1. The first kappa shape index (κ1) is 48.3. The number of anilines is 1. The number of fused-ring (bicyclic) bond motifs is 2. The first-order chi connectivity index (χ1) is 30.8. The number of aromatic hydroxyl groups is 2. The lowest BCUT2D eigenvalue weighted by Gasteiger charge is -2.35. The third-order valence-corrected chi connectivity index (χ3v) is 12.9. The Morgan fingerprint density at radius 3 is 2.29 bits per heavy atom. The number of hydrogen-bond acceptors (Lipinski definition) is 13. The van der Waals surface area contributed by atoms with E-state index in [-0.39, 0.29) is 23.0 Å². The zero-order valence-electron chi connectivity index (χ0n) is 36.9. The van der Waals surface area contributed by atoms with Gasteiger partial charge in [-0.1, -0.05) is 93.8 Å². The molecule has 0 bridgehead atoms. The highest BCUT2D eigenvalue weighted by molar-refractivity contribution is 7.85. The zero-order chi connectivity index (χ0) is 47.1. The first-order valence-corrected chi connectivity index (χ1v) is 23.7. The minimum Gasteiger partial charge on any atom is -0.772 e. The quantitative estimate of drug-likeness (QED) is 0.0377. The van der Waals surface area contributed by atoms with Crippen molar-refractivity contribution in [3.05, 3.63) is 138 Å². The predicted molar refractivity (Wildman–Crippen MR) is 246 cm³/mol. The van der Waals surface area contributed by atoms with Gasteiger partial charge in [0.05, 0.1) is 10.5 Å². The summed E-state index contributed by atoms with van der Waals surface area (Å²) in [7, 11) is -2.90. The molecule has 0 aliphatic carbocycles. The van der Waals surface area contributed by atoms with Crippen molar-refractivity contribution in [2.45, 2.75) is 76.3 Å². The van der Waals surface area contributed by atoms with Crippen molar-refractivity contribution in [3.8, 4) is 17.5 Å². The largest absolute Gasteiger partial charge is 0.772 e. The molecular weight excluding hydrogens is 875 g/mol. The molecule has 3 aliphatic rings. The summed E-state index contributed by atoms with van der Waals surface area (Å²) in [6, 6.07) is 15.9. The molecular formula is C47H54N5O11S2-. The van der Waals surface area contributed by atoms with Crippen molar-refractivity contribution >= 4 is 44.5 Å². The highest BCUT2D eigenvalue weighted by Gasteiger charge is 2.44. The Labute approximate surface area is 381 Å². The van der Waals surface area contributed by atoms with Crippen LogP contribution in [0.2, 0.25) is 0 Å². The number of para-hydroxylation sites is 1. The van der Waals surface area contributed by atoms with Gasteiger partial charge >= 0.3 is 5.97 Å². The van der Waals surface area contributed by atoms with Crippen LogP contribution < -0.4 is 14.6 Å². The van der Waals surface area contributed by atoms with Crippen LogP contribution in [0.25, 0.3) is 0 Å². The molecule has 2 aromatic carbocycles. The van der Waals surface area contributed by atoms with Gasteiger partial charge in [0.15, 0.2) is 5.75 Å². The Hall–Kier alpha value is -6.21. The van der Waals surface area contributed by atoms with Gasteiger partial charge in [0.2, 0.25) is 11.8 Å². The Kier molecular flexibility index (Phi) is 15.1. The number of nitrogens with zero attached hydrogens (tertiary/aromatic N) is 5. The topological polar surface area (TPSA) is 215 Å². The van der Waals surface area contributed by atoms with E-state index in [0.29, 0.717) is 54.8 Å². The number of carbonyl (C=O) groups is 2. The summed E-state index contributed by atoms with van der Waals surface area (Å²) in [5, 5.41) is 20.7. The SMILES string of the molecule is CN(Oc1ccccc1)C(=O)C1=CN(CCCS(=O)[O-])C2N=C(C=CC=CC=CC=C3N(CCCCCC(=O)On4c(O)ccc4O)c4ccc(S(=O)(=O)O)cc4C3(C)C)C(C)(C)C2=C1. The maximum Gasteiger partial charge on any atom is 0.333 e. The molecule has 0 radical (unpaired) electrons. The Bertz CT molecular complexity index is 2610. The molecule has 1 amide bonds. The van der Waals surface area contributed by atoms with Crippen molar-refractivity contribution in [1.29, 1.82) is 0 Å². The number of aromatic nitrogens is 1. The fourth-order valence-corrected chi connectivity index (χ4v) is 8.85. The number of hydrogen-bond donors (Lipinski definition) is 3. The van der Waals surface area contributed by atoms with E-state index in [2.05, 4.69) is 4.90 Å². The molecule has 2 atom stereocenters. The fourth-order valence-electron chi connectivity index (χ4n) is 7.98. The van der Waals surface area contributed by atoms with Crippen molar-refractivity contribution < 1.29 is 51.2 Å². The summed E-state index contributed by atoms with van der Waals surface area (Å²) >= 11 is -2.21. The number of likely N-dealkylation sites (N-methyl/N-ethyl adjacent to an activating group) is 1. The van der Waals surface area contributed by atoms with Gasteiger partial charge in [-0.05, 0) is 79.0 Å². The smallest absolute Gasteiger partial charge is 0.333 e. The third-order valence-electron chi connectivity index (χ3n) is 11.4. The molecule has 1 aromatic heterocycles. The van der Waals surface area contributed by atoms with E-state index in [0.717, 1.165) is 28.2 Å². The standard InChI is InChI=1S/C47H55N5O11S2/c1-46(2)37-30-33(45(56)49(5)62-34-18-11-9-12-19-34)32-50(27-17-29-64(57)58)44(37)48-39(46)20-13-7-6-8-14-21-40-47(3,4)36-31-35(65(59,60)61)23-24-38(36)51(40)28-16-10-15-22-43(55)63-52-41(53)25-26-42(52)54/h6-9,11-14,18-21,23-26,30-32,44,53-54H,10,15-17,22,27-29H2,1-5H3,(H,57,58)(H,59,60,61)/p-1. The molecule has 6 rings (SSSR count). The lowest BCUT2D eigenvalue weighted by molar-refractivity contribution is -0.147. The number of amides is 1. The highest BCUT2D eigenvalue weighted by atomic mass is 32.2.